The lowest BCUT2D eigenvalue weighted by atomic mass is 10.1. The van der Waals surface area contributed by atoms with Crippen LogP contribution in [-0.2, 0) is 4.79 Å². The average Bonchev–Trinajstić information content (AvgIpc) is 2.66. The Bertz CT molecular complexity index is 929. The molecule has 0 aliphatic rings. The molecule has 1 amide bonds. The van der Waals surface area contributed by atoms with E-state index < -0.39 is 12.1 Å². The summed E-state index contributed by atoms with van der Waals surface area (Å²) in [7, 11) is 0. The predicted octanol–water partition coefficient (Wildman–Crippen LogP) is 4.33. The Labute approximate surface area is 151 Å². The highest BCUT2D eigenvalue weighted by atomic mass is 16.5. The zero-order valence-corrected chi connectivity index (χ0v) is 14.3. The van der Waals surface area contributed by atoms with E-state index in [4.69, 9.17) is 9.84 Å². The van der Waals surface area contributed by atoms with E-state index in [-0.39, 0.29) is 11.5 Å². The van der Waals surface area contributed by atoms with E-state index >= 15 is 0 Å². The molecule has 3 aromatic rings. The molecular weight excluding hydrogens is 330 g/mol. The van der Waals surface area contributed by atoms with Crippen LogP contribution in [0.4, 0.5) is 5.69 Å². The van der Waals surface area contributed by atoms with Crippen molar-refractivity contribution in [3.8, 4) is 5.75 Å². The molecule has 0 saturated carbocycles. The summed E-state index contributed by atoms with van der Waals surface area (Å²) in [5, 5.41) is 13.7. The van der Waals surface area contributed by atoms with E-state index in [9.17, 15) is 9.59 Å². The molecule has 0 radical (unpaired) electrons. The van der Waals surface area contributed by atoms with Crippen molar-refractivity contribution in [1.82, 2.24) is 0 Å². The van der Waals surface area contributed by atoms with Gasteiger partial charge in [-0.15, -0.1) is 0 Å². The largest absolute Gasteiger partial charge is 0.480 e. The van der Waals surface area contributed by atoms with Crippen molar-refractivity contribution in [3.05, 3.63) is 72.3 Å². The van der Waals surface area contributed by atoms with Gasteiger partial charge in [-0.1, -0.05) is 43.3 Å². The van der Waals surface area contributed by atoms with E-state index in [1.54, 1.807) is 12.1 Å². The number of carbonyl (C=O) groups is 2. The van der Waals surface area contributed by atoms with Crippen LogP contribution >= 0.6 is 0 Å². The minimum Gasteiger partial charge on any atom is -0.480 e. The molecule has 0 bridgehead atoms. The smallest absolute Gasteiger partial charge is 0.335 e. The second-order valence-electron chi connectivity index (χ2n) is 5.86. The van der Waals surface area contributed by atoms with Crippen LogP contribution in [-0.4, -0.2) is 23.1 Å². The minimum absolute atomic E-state index is 0.169. The normalized spacial score (nSPS) is 11.7. The van der Waals surface area contributed by atoms with Crippen LogP contribution in [0.5, 0.6) is 5.75 Å². The van der Waals surface area contributed by atoms with Gasteiger partial charge in [0, 0.05) is 11.1 Å². The molecule has 0 aliphatic heterocycles. The molecule has 5 nitrogen and oxygen atoms in total. The monoisotopic (exact) mass is 349 g/mol. The standard InChI is InChI=1S/C21H19NO4/c1-2-18(20(23)22-16-12-10-15(11-13-16)21(24)25)26-19-9-5-7-14-6-3-4-8-17(14)19/h3-13,18H,2H2,1H3,(H,22,23)(H,24,25). The van der Waals surface area contributed by atoms with E-state index in [1.807, 2.05) is 49.4 Å². The van der Waals surface area contributed by atoms with Crippen LogP contribution in [0, 0.1) is 0 Å². The zero-order valence-electron chi connectivity index (χ0n) is 14.3. The van der Waals surface area contributed by atoms with Gasteiger partial charge in [0.25, 0.3) is 5.91 Å². The van der Waals surface area contributed by atoms with Crippen LogP contribution in [0.2, 0.25) is 0 Å². The van der Waals surface area contributed by atoms with Crippen molar-refractivity contribution >= 4 is 28.3 Å². The Kier molecular flexibility index (Phi) is 5.17. The molecule has 1 unspecified atom stereocenters. The fourth-order valence-corrected chi connectivity index (χ4v) is 2.69. The summed E-state index contributed by atoms with van der Waals surface area (Å²) in [5.41, 5.74) is 0.696. The first-order chi connectivity index (χ1) is 12.6. The average molecular weight is 349 g/mol. The second-order valence-corrected chi connectivity index (χ2v) is 5.86. The fourth-order valence-electron chi connectivity index (χ4n) is 2.69. The third-order valence-corrected chi connectivity index (χ3v) is 4.08. The lowest BCUT2D eigenvalue weighted by Crippen LogP contribution is -2.32. The maximum absolute atomic E-state index is 12.6. The van der Waals surface area contributed by atoms with Gasteiger partial charge in [-0.25, -0.2) is 4.79 Å². The van der Waals surface area contributed by atoms with Crippen molar-refractivity contribution in [3.63, 3.8) is 0 Å². The number of amides is 1. The first-order valence-electron chi connectivity index (χ1n) is 8.37. The molecule has 132 valence electrons. The Hall–Kier alpha value is -3.34. The highest BCUT2D eigenvalue weighted by Gasteiger charge is 2.19. The number of rotatable bonds is 6. The third kappa shape index (κ3) is 3.83. The van der Waals surface area contributed by atoms with E-state index in [1.165, 1.54) is 12.1 Å². The first kappa shape index (κ1) is 17.5. The molecule has 0 heterocycles. The Morgan fingerprint density at radius 3 is 2.38 bits per heavy atom. The molecular formula is C21H19NO4. The van der Waals surface area contributed by atoms with E-state index in [0.717, 1.165) is 10.8 Å². The van der Waals surface area contributed by atoms with Gasteiger partial charge in [0.2, 0.25) is 0 Å². The Balaban J connectivity index is 1.75. The molecule has 3 aromatic carbocycles. The summed E-state index contributed by atoms with van der Waals surface area (Å²) in [6.07, 6.45) is -0.151. The molecule has 0 saturated heterocycles. The molecule has 0 aromatic heterocycles. The van der Waals surface area contributed by atoms with E-state index in [0.29, 0.717) is 17.9 Å². The highest BCUT2D eigenvalue weighted by Crippen LogP contribution is 2.26. The van der Waals surface area contributed by atoms with Gasteiger partial charge in [-0.2, -0.15) is 0 Å². The Morgan fingerprint density at radius 2 is 1.69 bits per heavy atom. The van der Waals surface area contributed by atoms with Gasteiger partial charge in [0.15, 0.2) is 6.10 Å². The minimum atomic E-state index is -1.01. The second kappa shape index (κ2) is 7.70. The number of fused-ring (bicyclic) bond motifs is 1. The number of carboxylic acids is 1. The number of nitrogens with one attached hydrogen (secondary N) is 1. The van der Waals surface area contributed by atoms with Crippen molar-refractivity contribution < 1.29 is 19.4 Å². The van der Waals surface area contributed by atoms with Gasteiger partial charge in [-0.05, 0) is 42.1 Å². The predicted molar refractivity (Wildman–Crippen MR) is 101 cm³/mol. The van der Waals surface area contributed by atoms with E-state index in [2.05, 4.69) is 5.32 Å². The van der Waals surface area contributed by atoms with Crippen LogP contribution in [0.25, 0.3) is 10.8 Å². The summed E-state index contributed by atoms with van der Waals surface area (Å²) in [4.78, 5) is 23.4. The summed E-state index contributed by atoms with van der Waals surface area (Å²) in [6, 6.07) is 19.6. The van der Waals surface area contributed by atoms with Crippen molar-refractivity contribution in [1.29, 1.82) is 0 Å². The highest BCUT2D eigenvalue weighted by molar-refractivity contribution is 5.96. The maximum Gasteiger partial charge on any atom is 0.335 e. The van der Waals surface area contributed by atoms with Gasteiger partial charge in [-0.3, -0.25) is 4.79 Å². The van der Waals surface area contributed by atoms with Gasteiger partial charge in [0.05, 0.1) is 5.56 Å². The maximum atomic E-state index is 12.6. The Morgan fingerprint density at radius 1 is 1.00 bits per heavy atom. The fraction of sp³-hybridized carbons (Fsp3) is 0.143. The van der Waals surface area contributed by atoms with Crippen LogP contribution < -0.4 is 10.1 Å². The van der Waals surface area contributed by atoms with Crippen molar-refractivity contribution in [2.75, 3.05) is 5.32 Å². The summed E-state index contributed by atoms with van der Waals surface area (Å²) < 4.78 is 5.97. The summed E-state index contributed by atoms with van der Waals surface area (Å²) in [5.74, 6) is -0.622. The molecule has 5 heteroatoms. The zero-order chi connectivity index (χ0) is 18.5. The number of hydrogen-bond acceptors (Lipinski definition) is 3. The topological polar surface area (TPSA) is 75.6 Å². The molecule has 3 rings (SSSR count). The van der Waals surface area contributed by atoms with Crippen LogP contribution in [0.15, 0.2) is 66.7 Å². The number of ether oxygens (including phenoxy) is 1. The van der Waals surface area contributed by atoms with Crippen molar-refractivity contribution in [2.24, 2.45) is 0 Å². The molecule has 0 spiro atoms. The molecule has 0 fully saturated rings. The van der Waals surface area contributed by atoms with Gasteiger partial charge in [0.1, 0.15) is 5.75 Å². The third-order valence-electron chi connectivity index (χ3n) is 4.08. The number of carboxylic acid groups (broad SMARTS) is 1. The first-order valence-corrected chi connectivity index (χ1v) is 8.37. The number of hydrogen-bond donors (Lipinski definition) is 2. The number of benzene rings is 3. The number of anilines is 1. The number of carbonyl (C=O) groups excluding carboxylic acids is 1. The molecule has 26 heavy (non-hydrogen) atoms. The quantitative estimate of drug-likeness (QED) is 0.694. The SMILES string of the molecule is CCC(Oc1cccc2ccccc12)C(=O)Nc1ccc(C(=O)O)cc1. The lowest BCUT2D eigenvalue weighted by Gasteiger charge is -2.18. The lowest BCUT2D eigenvalue weighted by molar-refractivity contribution is -0.122. The van der Waals surface area contributed by atoms with Crippen molar-refractivity contribution in [2.45, 2.75) is 19.4 Å². The van der Waals surface area contributed by atoms with Gasteiger partial charge >= 0.3 is 5.97 Å². The van der Waals surface area contributed by atoms with Crippen LogP contribution in [0.1, 0.15) is 23.7 Å². The molecule has 1 atom stereocenters. The summed E-state index contributed by atoms with van der Waals surface area (Å²) >= 11 is 0. The molecule has 2 N–H and O–H groups in total. The summed E-state index contributed by atoms with van der Waals surface area (Å²) in [6.45, 7) is 1.88. The molecule has 0 aliphatic carbocycles. The van der Waals surface area contributed by atoms with Gasteiger partial charge < -0.3 is 15.2 Å². The number of aromatic carboxylic acids is 1. The van der Waals surface area contributed by atoms with Crippen LogP contribution in [0.3, 0.4) is 0 Å².